The lowest BCUT2D eigenvalue weighted by molar-refractivity contribution is 0.381. The van der Waals surface area contributed by atoms with Gasteiger partial charge in [0.25, 0.3) is 0 Å². The van der Waals surface area contributed by atoms with Crippen molar-refractivity contribution in [3.63, 3.8) is 0 Å². The van der Waals surface area contributed by atoms with Crippen LogP contribution in [0.4, 0.5) is 0 Å². The zero-order chi connectivity index (χ0) is 8.97. The molecule has 1 heterocycles. The Hall–Kier alpha value is -0.180. The minimum Gasteiger partial charge on any atom is -0.357 e. The molecule has 0 aromatic heterocycles. The summed E-state index contributed by atoms with van der Waals surface area (Å²) in [6, 6.07) is 0.560. The fourth-order valence-corrected chi connectivity index (χ4v) is 2.32. The molecule has 0 aliphatic carbocycles. The van der Waals surface area contributed by atoms with Gasteiger partial charge in [0, 0.05) is 24.8 Å². The molecule has 0 aromatic rings. The first-order valence-corrected chi connectivity index (χ1v) is 5.83. The van der Waals surface area contributed by atoms with Gasteiger partial charge in [-0.15, -0.1) is 0 Å². The summed E-state index contributed by atoms with van der Waals surface area (Å²) in [5.74, 6) is 3.20. The standard InChI is InChI=1S/C9H18N2S/c1-3-12-7-8(2)11-6-4-5-9(11)10/h8,10H,3-7H2,1-2H3. The second-order valence-electron chi connectivity index (χ2n) is 3.25. The zero-order valence-corrected chi connectivity index (χ0v) is 8.78. The van der Waals surface area contributed by atoms with Crippen LogP contribution >= 0.6 is 11.8 Å². The number of hydrogen-bond acceptors (Lipinski definition) is 2. The molecular formula is C9H18N2S. The van der Waals surface area contributed by atoms with Gasteiger partial charge in [-0.1, -0.05) is 6.92 Å². The fourth-order valence-electron chi connectivity index (χ4n) is 1.56. The lowest BCUT2D eigenvalue weighted by Crippen LogP contribution is -2.35. The number of nitrogens with one attached hydrogen (secondary N) is 1. The summed E-state index contributed by atoms with van der Waals surface area (Å²) in [7, 11) is 0. The average molecular weight is 186 g/mol. The van der Waals surface area contributed by atoms with Crippen LogP contribution in [0.3, 0.4) is 0 Å². The van der Waals surface area contributed by atoms with Gasteiger partial charge in [0.05, 0.1) is 5.84 Å². The Labute approximate surface area is 79.2 Å². The average Bonchev–Trinajstić information content (AvgIpc) is 2.47. The molecule has 1 fully saturated rings. The minimum atomic E-state index is 0.560. The van der Waals surface area contributed by atoms with Gasteiger partial charge in [-0.3, -0.25) is 5.41 Å². The van der Waals surface area contributed by atoms with Gasteiger partial charge >= 0.3 is 0 Å². The van der Waals surface area contributed by atoms with Crippen LogP contribution in [0.2, 0.25) is 0 Å². The van der Waals surface area contributed by atoms with Gasteiger partial charge in [0.15, 0.2) is 0 Å². The van der Waals surface area contributed by atoms with Crippen molar-refractivity contribution in [2.24, 2.45) is 0 Å². The van der Waals surface area contributed by atoms with Crippen molar-refractivity contribution >= 4 is 17.6 Å². The van der Waals surface area contributed by atoms with Crippen LogP contribution in [0.15, 0.2) is 0 Å². The molecule has 1 atom stereocenters. The van der Waals surface area contributed by atoms with E-state index in [0.717, 1.165) is 18.8 Å². The van der Waals surface area contributed by atoms with Gasteiger partial charge < -0.3 is 4.90 Å². The van der Waals surface area contributed by atoms with Gasteiger partial charge in [0.2, 0.25) is 0 Å². The Balaban J connectivity index is 2.30. The van der Waals surface area contributed by atoms with E-state index in [1.807, 2.05) is 11.8 Å². The van der Waals surface area contributed by atoms with Crippen molar-refractivity contribution in [2.45, 2.75) is 32.7 Å². The highest BCUT2D eigenvalue weighted by molar-refractivity contribution is 7.99. The molecule has 3 heteroatoms. The molecule has 0 saturated carbocycles. The van der Waals surface area contributed by atoms with E-state index in [4.69, 9.17) is 5.41 Å². The normalized spacial score (nSPS) is 20.2. The van der Waals surface area contributed by atoms with Gasteiger partial charge in [-0.05, 0) is 19.1 Å². The molecule has 12 heavy (non-hydrogen) atoms. The molecule has 0 bridgehead atoms. The molecule has 0 aromatic carbocycles. The summed E-state index contributed by atoms with van der Waals surface area (Å²) in [6.45, 7) is 5.51. The molecule has 1 unspecified atom stereocenters. The maximum Gasteiger partial charge on any atom is 0.0960 e. The van der Waals surface area contributed by atoms with Crippen LogP contribution in [-0.4, -0.2) is 34.8 Å². The summed E-state index contributed by atoms with van der Waals surface area (Å²) in [4.78, 5) is 2.24. The van der Waals surface area contributed by atoms with Crippen LogP contribution in [-0.2, 0) is 0 Å². The van der Waals surface area contributed by atoms with E-state index in [2.05, 4.69) is 18.7 Å². The first kappa shape index (κ1) is 9.90. The molecular weight excluding hydrogens is 168 g/mol. The summed E-state index contributed by atoms with van der Waals surface area (Å²) in [6.07, 6.45) is 2.17. The van der Waals surface area contributed by atoms with Crippen LogP contribution in [0, 0.1) is 5.41 Å². The molecule has 2 nitrogen and oxygen atoms in total. The second kappa shape index (κ2) is 4.75. The summed E-state index contributed by atoms with van der Waals surface area (Å²) < 4.78 is 0. The van der Waals surface area contributed by atoms with E-state index in [1.165, 1.54) is 17.9 Å². The fraction of sp³-hybridized carbons (Fsp3) is 0.889. The second-order valence-corrected chi connectivity index (χ2v) is 4.57. The number of amidine groups is 1. The van der Waals surface area contributed by atoms with E-state index in [1.54, 1.807) is 0 Å². The Morgan fingerprint density at radius 1 is 1.67 bits per heavy atom. The Kier molecular flexibility index (Phi) is 3.92. The number of likely N-dealkylation sites (tertiary alicyclic amines) is 1. The van der Waals surface area contributed by atoms with Crippen molar-refractivity contribution in [1.29, 1.82) is 5.41 Å². The Bertz CT molecular complexity index is 159. The Morgan fingerprint density at radius 3 is 2.92 bits per heavy atom. The van der Waals surface area contributed by atoms with E-state index < -0.39 is 0 Å². The van der Waals surface area contributed by atoms with Crippen molar-refractivity contribution in [1.82, 2.24) is 4.90 Å². The first-order valence-electron chi connectivity index (χ1n) is 4.67. The van der Waals surface area contributed by atoms with E-state index in [9.17, 15) is 0 Å². The number of rotatable bonds is 4. The third-order valence-electron chi connectivity index (χ3n) is 2.25. The third kappa shape index (κ3) is 2.41. The Morgan fingerprint density at radius 2 is 2.42 bits per heavy atom. The highest BCUT2D eigenvalue weighted by Gasteiger charge is 2.21. The summed E-state index contributed by atoms with van der Waals surface area (Å²) >= 11 is 1.97. The molecule has 1 aliphatic heterocycles. The van der Waals surface area contributed by atoms with Crippen molar-refractivity contribution < 1.29 is 0 Å². The van der Waals surface area contributed by atoms with Crippen LogP contribution in [0.25, 0.3) is 0 Å². The van der Waals surface area contributed by atoms with E-state index in [-0.39, 0.29) is 0 Å². The predicted octanol–water partition coefficient (Wildman–Crippen LogP) is 2.20. The lowest BCUT2D eigenvalue weighted by Gasteiger charge is -2.25. The smallest absolute Gasteiger partial charge is 0.0960 e. The zero-order valence-electron chi connectivity index (χ0n) is 7.97. The monoisotopic (exact) mass is 186 g/mol. The van der Waals surface area contributed by atoms with Crippen molar-refractivity contribution in [3.05, 3.63) is 0 Å². The molecule has 1 aliphatic rings. The van der Waals surface area contributed by atoms with Crippen molar-refractivity contribution in [3.8, 4) is 0 Å². The maximum atomic E-state index is 7.69. The molecule has 1 N–H and O–H groups in total. The van der Waals surface area contributed by atoms with Crippen LogP contribution in [0.5, 0.6) is 0 Å². The number of hydrogen-bond donors (Lipinski definition) is 1. The van der Waals surface area contributed by atoms with Crippen LogP contribution < -0.4 is 0 Å². The quantitative estimate of drug-likeness (QED) is 0.728. The molecule has 0 spiro atoms. The van der Waals surface area contributed by atoms with E-state index in [0.29, 0.717) is 6.04 Å². The minimum absolute atomic E-state index is 0.560. The SMILES string of the molecule is CCSCC(C)N1CCCC1=N. The summed E-state index contributed by atoms with van der Waals surface area (Å²) in [5, 5.41) is 7.69. The molecule has 0 amide bonds. The first-order chi connectivity index (χ1) is 5.75. The maximum absolute atomic E-state index is 7.69. The van der Waals surface area contributed by atoms with Gasteiger partial charge in [0.1, 0.15) is 0 Å². The van der Waals surface area contributed by atoms with Gasteiger partial charge in [-0.25, -0.2) is 0 Å². The molecule has 0 radical (unpaired) electrons. The molecule has 70 valence electrons. The highest BCUT2D eigenvalue weighted by Crippen LogP contribution is 2.16. The lowest BCUT2D eigenvalue weighted by atomic mass is 10.3. The third-order valence-corrected chi connectivity index (χ3v) is 3.38. The predicted molar refractivity (Wildman–Crippen MR) is 56.1 cm³/mol. The van der Waals surface area contributed by atoms with Crippen LogP contribution in [0.1, 0.15) is 26.7 Å². The number of thioether (sulfide) groups is 1. The summed E-state index contributed by atoms with van der Waals surface area (Å²) in [5.41, 5.74) is 0. The molecule has 1 saturated heterocycles. The largest absolute Gasteiger partial charge is 0.357 e. The van der Waals surface area contributed by atoms with Gasteiger partial charge in [-0.2, -0.15) is 11.8 Å². The van der Waals surface area contributed by atoms with E-state index >= 15 is 0 Å². The van der Waals surface area contributed by atoms with Crippen molar-refractivity contribution in [2.75, 3.05) is 18.1 Å². The topological polar surface area (TPSA) is 27.1 Å². The molecule has 1 rings (SSSR count). The number of nitrogens with zero attached hydrogens (tertiary/aromatic N) is 1. The highest BCUT2D eigenvalue weighted by atomic mass is 32.2.